The van der Waals surface area contributed by atoms with Gasteiger partial charge in [-0.05, 0) is 38.3 Å². The molecule has 1 saturated heterocycles. The number of aryl methyl sites for hydroxylation is 1. The monoisotopic (exact) mass is 179 g/mol. The largest absolute Gasteiger partial charge is 0.340 e. The zero-order valence-electron chi connectivity index (χ0n) is 8.16. The van der Waals surface area contributed by atoms with Gasteiger partial charge in [0.25, 0.3) is 0 Å². The summed E-state index contributed by atoms with van der Waals surface area (Å²) in [5, 5.41) is 3.38. The lowest BCUT2D eigenvalue weighted by atomic mass is 9.93. The van der Waals surface area contributed by atoms with Crippen LogP contribution in [0.1, 0.15) is 18.5 Å². The van der Waals surface area contributed by atoms with E-state index in [1.54, 1.807) is 0 Å². The molecular weight excluding hydrogens is 162 g/mol. The van der Waals surface area contributed by atoms with Crippen LogP contribution in [0.4, 0.5) is 0 Å². The van der Waals surface area contributed by atoms with Crippen LogP contribution in [-0.2, 0) is 13.5 Å². The molecule has 1 aliphatic heterocycles. The smallest absolute Gasteiger partial charge is 0.0946 e. The van der Waals surface area contributed by atoms with Crippen LogP contribution in [0.25, 0.3) is 0 Å². The summed E-state index contributed by atoms with van der Waals surface area (Å²) in [7, 11) is 2.03. The van der Waals surface area contributed by atoms with Crippen molar-refractivity contribution in [2.75, 3.05) is 13.1 Å². The third kappa shape index (κ3) is 2.31. The minimum Gasteiger partial charge on any atom is -0.340 e. The normalized spacial score (nSPS) is 19.2. The number of hydrogen-bond acceptors (Lipinski definition) is 2. The number of hydrogen-bond donors (Lipinski definition) is 1. The minimum atomic E-state index is 0.844. The maximum Gasteiger partial charge on any atom is 0.0946 e. The average molecular weight is 179 g/mol. The minimum absolute atomic E-state index is 0.844. The summed E-state index contributed by atoms with van der Waals surface area (Å²) in [5.74, 6) is 0.844. The molecule has 0 unspecified atom stereocenters. The predicted molar refractivity (Wildman–Crippen MR) is 52.5 cm³/mol. The van der Waals surface area contributed by atoms with E-state index in [9.17, 15) is 0 Å². The molecule has 0 bridgehead atoms. The lowest BCUT2D eigenvalue weighted by molar-refractivity contribution is 0.370. The Hall–Kier alpha value is -0.830. The molecule has 0 amide bonds. The van der Waals surface area contributed by atoms with E-state index in [1.807, 2.05) is 17.9 Å². The van der Waals surface area contributed by atoms with Crippen molar-refractivity contribution in [1.82, 2.24) is 14.9 Å². The summed E-state index contributed by atoms with van der Waals surface area (Å²) in [6.45, 7) is 2.36. The van der Waals surface area contributed by atoms with Gasteiger partial charge >= 0.3 is 0 Å². The van der Waals surface area contributed by atoms with E-state index in [0.717, 1.165) is 12.3 Å². The van der Waals surface area contributed by atoms with Gasteiger partial charge in [-0.1, -0.05) is 0 Å². The van der Waals surface area contributed by atoms with Crippen molar-refractivity contribution in [1.29, 1.82) is 0 Å². The third-order valence-electron chi connectivity index (χ3n) is 2.71. The number of aromatic nitrogens is 2. The summed E-state index contributed by atoms with van der Waals surface area (Å²) >= 11 is 0. The van der Waals surface area contributed by atoms with E-state index in [1.165, 1.54) is 31.6 Å². The van der Waals surface area contributed by atoms with Crippen LogP contribution in [0.3, 0.4) is 0 Å². The van der Waals surface area contributed by atoms with Crippen LogP contribution in [0.2, 0.25) is 0 Å². The quantitative estimate of drug-likeness (QED) is 0.733. The summed E-state index contributed by atoms with van der Waals surface area (Å²) < 4.78 is 2.02. The number of rotatable bonds is 2. The first-order chi connectivity index (χ1) is 6.34. The molecule has 0 spiro atoms. The second kappa shape index (κ2) is 3.92. The van der Waals surface area contributed by atoms with Crippen molar-refractivity contribution in [2.45, 2.75) is 19.3 Å². The number of piperidine rings is 1. The molecule has 0 aliphatic carbocycles. The molecule has 1 aromatic rings. The van der Waals surface area contributed by atoms with E-state index >= 15 is 0 Å². The van der Waals surface area contributed by atoms with E-state index < -0.39 is 0 Å². The lowest BCUT2D eigenvalue weighted by Gasteiger charge is -2.21. The molecule has 2 heterocycles. The molecule has 3 heteroatoms. The molecule has 0 aromatic carbocycles. The van der Waals surface area contributed by atoms with Gasteiger partial charge in [-0.3, -0.25) is 0 Å². The van der Waals surface area contributed by atoms with E-state index in [4.69, 9.17) is 0 Å². The van der Waals surface area contributed by atoms with Gasteiger partial charge in [0, 0.05) is 13.2 Å². The summed E-state index contributed by atoms with van der Waals surface area (Å²) in [5.41, 5.74) is 1.24. The van der Waals surface area contributed by atoms with E-state index in [-0.39, 0.29) is 0 Å². The summed E-state index contributed by atoms with van der Waals surface area (Å²) in [4.78, 5) is 4.35. The Morgan fingerprint density at radius 1 is 1.54 bits per heavy atom. The molecular formula is C10H17N3. The van der Waals surface area contributed by atoms with Crippen LogP contribution < -0.4 is 5.32 Å². The Balaban J connectivity index is 1.89. The maximum absolute atomic E-state index is 4.35. The lowest BCUT2D eigenvalue weighted by Crippen LogP contribution is -2.28. The number of imidazole rings is 1. The van der Waals surface area contributed by atoms with Gasteiger partial charge < -0.3 is 9.88 Å². The highest BCUT2D eigenvalue weighted by atomic mass is 15.0. The molecule has 0 atom stereocenters. The fourth-order valence-electron chi connectivity index (χ4n) is 1.95. The van der Waals surface area contributed by atoms with Crippen LogP contribution in [0.15, 0.2) is 12.5 Å². The van der Waals surface area contributed by atoms with E-state index in [2.05, 4.69) is 16.5 Å². The predicted octanol–water partition coefficient (Wildman–Crippen LogP) is 0.962. The van der Waals surface area contributed by atoms with Crippen molar-refractivity contribution < 1.29 is 0 Å². The van der Waals surface area contributed by atoms with Crippen LogP contribution in [0.5, 0.6) is 0 Å². The fraction of sp³-hybridized carbons (Fsp3) is 0.700. The maximum atomic E-state index is 4.35. The van der Waals surface area contributed by atoms with Gasteiger partial charge in [0.05, 0.1) is 12.0 Å². The molecule has 1 N–H and O–H groups in total. The third-order valence-corrected chi connectivity index (χ3v) is 2.71. The summed E-state index contributed by atoms with van der Waals surface area (Å²) in [6.07, 6.45) is 7.77. The molecule has 1 fully saturated rings. The Labute approximate surface area is 79.2 Å². The molecule has 0 saturated carbocycles. The highest BCUT2D eigenvalue weighted by molar-refractivity contribution is 4.98. The first kappa shape index (κ1) is 8.75. The first-order valence-corrected chi connectivity index (χ1v) is 5.02. The number of nitrogens with zero attached hydrogens (tertiary/aromatic N) is 2. The molecule has 2 rings (SSSR count). The van der Waals surface area contributed by atoms with Gasteiger partial charge in [-0.25, -0.2) is 4.98 Å². The summed E-state index contributed by atoms with van der Waals surface area (Å²) in [6, 6.07) is 0. The van der Waals surface area contributed by atoms with Crippen molar-refractivity contribution in [3.63, 3.8) is 0 Å². The Morgan fingerprint density at radius 3 is 2.92 bits per heavy atom. The van der Waals surface area contributed by atoms with Crippen LogP contribution >= 0.6 is 0 Å². The van der Waals surface area contributed by atoms with Gasteiger partial charge in [-0.2, -0.15) is 0 Å². The fourth-order valence-corrected chi connectivity index (χ4v) is 1.95. The standard InChI is InChI=1S/C10H17N3/c1-13-7-10(12-8-13)6-9-2-4-11-5-3-9/h7-9,11H,2-6H2,1H3. The van der Waals surface area contributed by atoms with Crippen molar-refractivity contribution in [2.24, 2.45) is 13.0 Å². The molecule has 3 nitrogen and oxygen atoms in total. The zero-order valence-corrected chi connectivity index (χ0v) is 8.16. The molecule has 0 radical (unpaired) electrons. The number of nitrogens with one attached hydrogen (secondary N) is 1. The van der Waals surface area contributed by atoms with Gasteiger partial charge in [0.1, 0.15) is 0 Å². The Bertz CT molecular complexity index is 261. The van der Waals surface area contributed by atoms with Crippen LogP contribution in [0, 0.1) is 5.92 Å². The van der Waals surface area contributed by atoms with Gasteiger partial charge in [-0.15, -0.1) is 0 Å². The van der Waals surface area contributed by atoms with Gasteiger partial charge in [0.2, 0.25) is 0 Å². The van der Waals surface area contributed by atoms with E-state index in [0.29, 0.717) is 0 Å². The second-order valence-corrected chi connectivity index (χ2v) is 3.93. The molecule has 13 heavy (non-hydrogen) atoms. The second-order valence-electron chi connectivity index (χ2n) is 3.93. The van der Waals surface area contributed by atoms with Gasteiger partial charge in [0.15, 0.2) is 0 Å². The van der Waals surface area contributed by atoms with Crippen LogP contribution in [-0.4, -0.2) is 22.6 Å². The zero-order chi connectivity index (χ0) is 9.10. The van der Waals surface area contributed by atoms with Crippen molar-refractivity contribution in [3.8, 4) is 0 Å². The topological polar surface area (TPSA) is 29.9 Å². The Morgan fingerprint density at radius 2 is 2.31 bits per heavy atom. The van der Waals surface area contributed by atoms with Crippen molar-refractivity contribution >= 4 is 0 Å². The molecule has 1 aromatic heterocycles. The average Bonchev–Trinajstić information content (AvgIpc) is 2.53. The molecule has 1 aliphatic rings. The van der Waals surface area contributed by atoms with Crippen molar-refractivity contribution in [3.05, 3.63) is 18.2 Å². The highest BCUT2D eigenvalue weighted by Crippen LogP contribution is 2.16. The first-order valence-electron chi connectivity index (χ1n) is 5.02. The SMILES string of the molecule is Cn1cnc(CC2CCNCC2)c1. The Kier molecular flexibility index (Phi) is 2.64. The molecule has 72 valence electrons. The highest BCUT2D eigenvalue weighted by Gasteiger charge is 2.14.